The van der Waals surface area contributed by atoms with Crippen molar-refractivity contribution in [2.45, 2.75) is 6.92 Å². The minimum absolute atomic E-state index is 0.171. The van der Waals surface area contributed by atoms with Gasteiger partial charge in [0.15, 0.2) is 0 Å². The van der Waals surface area contributed by atoms with Gasteiger partial charge in [0.2, 0.25) is 5.91 Å². The second-order valence-corrected chi connectivity index (χ2v) is 5.04. The third-order valence-corrected chi connectivity index (χ3v) is 3.28. The van der Waals surface area contributed by atoms with Crippen LogP contribution in [-0.2, 0) is 4.79 Å². The molecule has 1 amide bonds. The summed E-state index contributed by atoms with van der Waals surface area (Å²) in [5.41, 5.74) is 0.923. The highest BCUT2D eigenvalue weighted by atomic mass is 35.5. The van der Waals surface area contributed by atoms with Gasteiger partial charge in [-0.05, 0) is 42.5 Å². The first-order chi connectivity index (χ1) is 9.95. The van der Waals surface area contributed by atoms with Gasteiger partial charge in [-0.1, -0.05) is 23.2 Å². The Balaban J connectivity index is 2.08. The van der Waals surface area contributed by atoms with Gasteiger partial charge in [-0.3, -0.25) is 4.79 Å². The summed E-state index contributed by atoms with van der Waals surface area (Å²) in [6.45, 7) is 1.41. The van der Waals surface area contributed by atoms with E-state index in [1.165, 1.54) is 25.1 Å². The van der Waals surface area contributed by atoms with E-state index in [1.54, 1.807) is 24.3 Å². The van der Waals surface area contributed by atoms with Crippen LogP contribution in [0.15, 0.2) is 42.5 Å². The topological polar surface area (TPSA) is 55.4 Å². The van der Waals surface area contributed by atoms with Crippen molar-refractivity contribution in [3.05, 3.63) is 58.1 Å². The first-order valence-electron chi connectivity index (χ1n) is 6.00. The van der Waals surface area contributed by atoms with Gasteiger partial charge < -0.3 is 10.1 Å². The number of anilines is 1. The smallest absolute Gasteiger partial charge is 0.343 e. The monoisotopic (exact) mass is 323 g/mol. The Hall–Kier alpha value is -2.04. The number of hydrogen-bond acceptors (Lipinski definition) is 3. The normalized spacial score (nSPS) is 10.0. The summed E-state index contributed by atoms with van der Waals surface area (Å²) in [7, 11) is 0. The van der Waals surface area contributed by atoms with Crippen LogP contribution in [0.3, 0.4) is 0 Å². The molecule has 0 fully saturated rings. The molecule has 4 nitrogen and oxygen atoms in total. The lowest BCUT2D eigenvalue weighted by Crippen LogP contribution is -2.09. The number of rotatable bonds is 3. The molecule has 0 atom stereocenters. The van der Waals surface area contributed by atoms with Crippen LogP contribution in [0.25, 0.3) is 0 Å². The zero-order chi connectivity index (χ0) is 15.4. The molecule has 0 spiro atoms. The van der Waals surface area contributed by atoms with Crippen molar-refractivity contribution in [1.29, 1.82) is 0 Å². The van der Waals surface area contributed by atoms with Crippen LogP contribution in [0.2, 0.25) is 10.0 Å². The molecule has 0 radical (unpaired) electrons. The molecule has 2 aromatic carbocycles. The third-order valence-electron chi connectivity index (χ3n) is 2.54. The SMILES string of the molecule is CC(=O)Nc1ccc(OC(=O)c2ccc(Cl)c(Cl)c2)cc1. The molecule has 6 heteroatoms. The lowest BCUT2D eigenvalue weighted by atomic mass is 10.2. The number of esters is 1. The molecule has 0 unspecified atom stereocenters. The van der Waals surface area contributed by atoms with Crippen molar-refractivity contribution >= 4 is 40.8 Å². The molecule has 21 heavy (non-hydrogen) atoms. The van der Waals surface area contributed by atoms with Gasteiger partial charge in [0, 0.05) is 12.6 Å². The van der Waals surface area contributed by atoms with Crippen molar-refractivity contribution in [3.63, 3.8) is 0 Å². The van der Waals surface area contributed by atoms with E-state index in [0.717, 1.165) is 0 Å². The highest BCUT2D eigenvalue weighted by Gasteiger charge is 2.10. The van der Waals surface area contributed by atoms with E-state index in [0.29, 0.717) is 22.0 Å². The molecular weight excluding hydrogens is 313 g/mol. The van der Waals surface area contributed by atoms with Gasteiger partial charge in [-0.15, -0.1) is 0 Å². The molecule has 0 aliphatic heterocycles. The van der Waals surface area contributed by atoms with E-state index in [4.69, 9.17) is 27.9 Å². The fraction of sp³-hybridized carbons (Fsp3) is 0.0667. The Kier molecular flexibility index (Phi) is 4.83. The van der Waals surface area contributed by atoms with Crippen molar-refractivity contribution in [2.75, 3.05) is 5.32 Å². The number of ether oxygens (including phenoxy) is 1. The highest BCUT2D eigenvalue weighted by Crippen LogP contribution is 2.24. The zero-order valence-corrected chi connectivity index (χ0v) is 12.5. The van der Waals surface area contributed by atoms with E-state index in [-0.39, 0.29) is 10.9 Å². The maximum atomic E-state index is 11.9. The quantitative estimate of drug-likeness (QED) is 0.681. The number of amides is 1. The predicted octanol–water partition coefficient (Wildman–Crippen LogP) is 4.17. The summed E-state index contributed by atoms with van der Waals surface area (Å²) < 4.78 is 5.20. The Labute approximate surface area is 131 Å². The van der Waals surface area contributed by atoms with Crippen LogP contribution in [0.1, 0.15) is 17.3 Å². The first-order valence-corrected chi connectivity index (χ1v) is 6.76. The molecule has 2 aromatic rings. The molecule has 0 saturated carbocycles. The van der Waals surface area contributed by atoms with Gasteiger partial charge >= 0.3 is 5.97 Å². The predicted molar refractivity (Wildman–Crippen MR) is 82.2 cm³/mol. The second-order valence-electron chi connectivity index (χ2n) is 4.22. The number of benzene rings is 2. The number of nitrogens with one attached hydrogen (secondary N) is 1. The number of carbonyl (C=O) groups excluding carboxylic acids is 2. The number of carbonyl (C=O) groups is 2. The Morgan fingerprint density at radius 2 is 1.67 bits per heavy atom. The molecule has 0 heterocycles. The number of halogens is 2. The van der Waals surface area contributed by atoms with Crippen molar-refractivity contribution in [2.24, 2.45) is 0 Å². The average molecular weight is 324 g/mol. The van der Waals surface area contributed by atoms with Gasteiger partial charge in [0.05, 0.1) is 15.6 Å². The maximum Gasteiger partial charge on any atom is 0.343 e. The molecule has 108 valence electrons. The van der Waals surface area contributed by atoms with Crippen LogP contribution in [0.4, 0.5) is 5.69 Å². The molecule has 2 rings (SSSR count). The van der Waals surface area contributed by atoms with Gasteiger partial charge in [-0.2, -0.15) is 0 Å². The van der Waals surface area contributed by atoms with Crippen LogP contribution in [0.5, 0.6) is 5.75 Å². The summed E-state index contributed by atoms with van der Waals surface area (Å²) in [4.78, 5) is 22.8. The maximum absolute atomic E-state index is 11.9. The Bertz CT molecular complexity index is 684. The van der Waals surface area contributed by atoms with E-state index in [9.17, 15) is 9.59 Å². The highest BCUT2D eigenvalue weighted by molar-refractivity contribution is 6.42. The van der Waals surface area contributed by atoms with Crippen LogP contribution in [-0.4, -0.2) is 11.9 Å². The third kappa shape index (κ3) is 4.21. The zero-order valence-electron chi connectivity index (χ0n) is 11.0. The summed E-state index contributed by atoms with van der Waals surface area (Å²) in [6, 6.07) is 10.9. The molecule has 1 N–H and O–H groups in total. The van der Waals surface area contributed by atoms with E-state index in [1.807, 2.05) is 0 Å². The molecule has 0 aliphatic carbocycles. The van der Waals surface area contributed by atoms with E-state index >= 15 is 0 Å². The van der Waals surface area contributed by atoms with Crippen LogP contribution < -0.4 is 10.1 Å². The summed E-state index contributed by atoms with van der Waals surface area (Å²) >= 11 is 11.6. The van der Waals surface area contributed by atoms with Gasteiger partial charge in [0.25, 0.3) is 0 Å². The summed E-state index contributed by atoms with van der Waals surface area (Å²) in [5, 5.41) is 3.27. The molecule has 0 saturated heterocycles. The first kappa shape index (κ1) is 15.4. The largest absolute Gasteiger partial charge is 0.423 e. The second kappa shape index (κ2) is 6.61. The fourth-order valence-corrected chi connectivity index (χ4v) is 1.90. The Morgan fingerprint density at radius 1 is 1.00 bits per heavy atom. The fourth-order valence-electron chi connectivity index (χ4n) is 1.60. The van der Waals surface area contributed by atoms with Crippen molar-refractivity contribution in [3.8, 4) is 5.75 Å². The van der Waals surface area contributed by atoms with E-state index in [2.05, 4.69) is 5.32 Å². The van der Waals surface area contributed by atoms with Crippen molar-refractivity contribution in [1.82, 2.24) is 0 Å². The van der Waals surface area contributed by atoms with E-state index < -0.39 is 5.97 Å². The van der Waals surface area contributed by atoms with Crippen molar-refractivity contribution < 1.29 is 14.3 Å². The Morgan fingerprint density at radius 3 is 2.24 bits per heavy atom. The van der Waals surface area contributed by atoms with Gasteiger partial charge in [-0.25, -0.2) is 4.79 Å². The van der Waals surface area contributed by atoms with Gasteiger partial charge in [0.1, 0.15) is 5.75 Å². The lowest BCUT2D eigenvalue weighted by Gasteiger charge is -2.06. The minimum atomic E-state index is -0.541. The molecular formula is C15H11Cl2NO3. The minimum Gasteiger partial charge on any atom is -0.423 e. The number of hydrogen-bond donors (Lipinski definition) is 1. The summed E-state index contributed by atoms with van der Waals surface area (Å²) in [6.07, 6.45) is 0. The molecule has 0 aliphatic rings. The average Bonchev–Trinajstić information content (AvgIpc) is 2.43. The van der Waals surface area contributed by atoms with Crippen LogP contribution in [0, 0.1) is 0 Å². The lowest BCUT2D eigenvalue weighted by molar-refractivity contribution is -0.114. The molecule has 0 aromatic heterocycles. The molecule has 0 bridgehead atoms. The van der Waals surface area contributed by atoms with Crippen LogP contribution >= 0.6 is 23.2 Å². The summed E-state index contributed by atoms with van der Waals surface area (Å²) in [5.74, 6) is -0.350. The standard InChI is InChI=1S/C15H11Cl2NO3/c1-9(19)18-11-3-5-12(6-4-11)21-15(20)10-2-7-13(16)14(17)8-10/h2-8H,1H3,(H,18,19).